The molecule has 0 unspecified atom stereocenters. The zero-order valence-electron chi connectivity index (χ0n) is 10.2. The first-order valence-corrected chi connectivity index (χ1v) is 6.20. The highest BCUT2D eigenvalue weighted by Gasteiger charge is 2.25. The smallest absolute Gasteiger partial charge is 0.303 e. The average Bonchev–Trinajstić information content (AvgIpc) is 2.90. The van der Waals surface area contributed by atoms with Crippen LogP contribution in [0.4, 0.5) is 0 Å². The predicted octanol–water partition coefficient (Wildman–Crippen LogP) is 1.85. The van der Waals surface area contributed by atoms with Crippen molar-refractivity contribution < 1.29 is 19.1 Å². The van der Waals surface area contributed by atoms with Crippen LogP contribution in [0.5, 0.6) is 0 Å². The lowest BCUT2D eigenvalue weighted by atomic mass is 9.94. The Balaban J connectivity index is 1.79. The van der Waals surface area contributed by atoms with Crippen molar-refractivity contribution in [3.63, 3.8) is 0 Å². The lowest BCUT2D eigenvalue weighted by Gasteiger charge is -2.31. The number of aliphatic carboxylic acids is 1. The van der Waals surface area contributed by atoms with Crippen LogP contribution >= 0.6 is 0 Å². The van der Waals surface area contributed by atoms with Gasteiger partial charge in [-0.15, -0.1) is 0 Å². The van der Waals surface area contributed by atoms with E-state index in [1.54, 1.807) is 11.2 Å². The largest absolute Gasteiger partial charge is 0.481 e. The molecular weight excluding hydrogens is 234 g/mol. The summed E-state index contributed by atoms with van der Waals surface area (Å²) in [5.74, 6) is 0.375. The van der Waals surface area contributed by atoms with Crippen LogP contribution in [0.25, 0.3) is 0 Å². The number of nitrogens with zero attached hydrogens (tertiary/aromatic N) is 1. The van der Waals surface area contributed by atoms with E-state index in [0.29, 0.717) is 19.0 Å². The van der Waals surface area contributed by atoms with Gasteiger partial charge in [0.25, 0.3) is 0 Å². The van der Waals surface area contributed by atoms with Crippen LogP contribution in [-0.2, 0) is 9.59 Å². The molecule has 0 radical (unpaired) electrons. The molecule has 1 aliphatic rings. The second kappa shape index (κ2) is 5.71. The molecule has 5 nitrogen and oxygen atoms in total. The maximum absolute atomic E-state index is 11.7. The monoisotopic (exact) mass is 251 g/mol. The van der Waals surface area contributed by atoms with E-state index >= 15 is 0 Å². The third-order valence-corrected chi connectivity index (χ3v) is 3.35. The van der Waals surface area contributed by atoms with Gasteiger partial charge in [0.15, 0.2) is 0 Å². The Morgan fingerprint density at radius 1 is 1.33 bits per heavy atom. The molecule has 98 valence electrons. The fourth-order valence-corrected chi connectivity index (χ4v) is 2.31. The van der Waals surface area contributed by atoms with E-state index in [2.05, 4.69) is 0 Å². The molecule has 1 fully saturated rings. The molecule has 18 heavy (non-hydrogen) atoms. The molecule has 2 heterocycles. The fraction of sp³-hybridized carbons (Fsp3) is 0.538. The van der Waals surface area contributed by atoms with Gasteiger partial charge in [0.05, 0.1) is 12.7 Å². The minimum Gasteiger partial charge on any atom is -0.481 e. The molecule has 0 spiro atoms. The molecular formula is C13H17NO4. The van der Waals surface area contributed by atoms with E-state index in [4.69, 9.17) is 9.52 Å². The maximum Gasteiger partial charge on any atom is 0.303 e. The Labute approximate surface area is 105 Å². The van der Waals surface area contributed by atoms with Gasteiger partial charge in [-0.05, 0) is 25.0 Å². The normalized spacial score (nSPS) is 16.8. The highest BCUT2D eigenvalue weighted by molar-refractivity contribution is 5.80. The number of piperidine rings is 1. The summed E-state index contributed by atoms with van der Waals surface area (Å²) in [4.78, 5) is 23.9. The van der Waals surface area contributed by atoms with Crippen LogP contribution in [0.3, 0.4) is 0 Å². The predicted molar refractivity (Wildman–Crippen MR) is 64.1 cm³/mol. The molecule has 1 aliphatic heterocycles. The van der Waals surface area contributed by atoms with E-state index in [1.807, 2.05) is 12.1 Å². The summed E-state index contributed by atoms with van der Waals surface area (Å²) in [5.41, 5.74) is 0. The minimum atomic E-state index is -0.922. The van der Waals surface area contributed by atoms with Gasteiger partial charge in [0, 0.05) is 25.4 Å². The van der Waals surface area contributed by atoms with E-state index in [0.717, 1.165) is 18.6 Å². The fourth-order valence-electron chi connectivity index (χ4n) is 2.31. The number of carbonyl (C=O) groups is 2. The zero-order chi connectivity index (χ0) is 13.0. The van der Waals surface area contributed by atoms with Gasteiger partial charge in [0.1, 0.15) is 5.76 Å². The van der Waals surface area contributed by atoms with E-state index in [1.165, 1.54) is 0 Å². The summed E-state index contributed by atoms with van der Waals surface area (Å²) in [5, 5.41) is 8.54. The highest BCUT2D eigenvalue weighted by atomic mass is 16.4. The van der Waals surface area contributed by atoms with Crippen molar-refractivity contribution in [3.8, 4) is 0 Å². The molecule has 0 aromatic carbocycles. The van der Waals surface area contributed by atoms with Crippen molar-refractivity contribution >= 4 is 11.9 Å². The SMILES string of the molecule is O=C(O)CCC(=O)N1CCC(c2ccco2)CC1. The Kier molecular flexibility index (Phi) is 4.02. The number of hydrogen-bond donors (Lipinski definition) is 1. The lowest BCUT2D eigenvalue weighted by Crippen LogP contribution is -2.37. The van der Waals surface area contributed by atoms with Crippen molar-refractivity contribution in [1.82, 2.24) is 4.90 Å². The van der Waals surface area contributed by atoms with Crippen LogP contribution < -0.4 is 0 Å². The summed E-state index contributed by atoms with van der Waals surface area (Å²) in [6.45, 7) is 1.37. The van der Waals surface area contributed by atoms with Crippen LogP contribution in [0.1, 0.15) is 37.4 Å². The van der Waals surface area contributed by atoms with Crippen molar-refractivity contribution in [2.45, 2.75) is 31.6 Å². The molecule has 1 aromatic rings. The van der Waals surface area contributed by atoms with Crippen molar-refractivity contribution in [2.75, 3.05) is 13.1 Å². The zero-order valence-corrected chi connectivity index (χ0v) is 10.2. The van der Waals surface area contributed by atoms with Gasteiger partial charge in [0.2, 0.25) is 5.91 Å². The van der Waals surface area contributed by atoms with Crippen LogP contribution in [0.15, 0.2) is 22.8 Å². The van der Waals surface area contributed by atoms with Gasteiger partial charge in [-0.25, -0.2) is 0 Å². The molecule has 0 aliphatic carbocycles. The third-order valence-electron chi connectivity index (χ3n) is 3.35. The van der Waals surface area contributed by atoms with E-state index in [-0.39, 0.29) is 18.7 Å². The Hall–Kier alpha value is -1.78. The number of hydrogen-bond acceptors (Lipinski definition) is 3. The highest BCUT2D eigenvalue weighted by Crippen LogP contribution is 2.28. The molecule has 0 bridgehead atoms. The molecule has 1 aromatic heterocycles. The first-order chi connectivity index (χ1) is 8.66. The number of furan rings is 1. The van der Waals surface area contributed by atoms with Crippen molar-refractivity contribution in [1.29, 1.82) is 0 Å². The second-order valence-electron chi connectivity index (χ2n) is 4.56. The number of carbonyl (C=O) groups excluding carboxylic acids is 1. The lowest BCUT2D eigenvalue weighted by molar-refractivity contribution is -0.141. The molecule has 2 rings (SSSR count). The quantitative estimate of drug-likeness (QED) is 0.886. The Bertz CT molecular complexity index is 405. The summed E-state index contributed by atoms with van der Waals surface area (Å²) >= 11 is 0. The first kappa shape index (κ1) is 12.7. The maximum atomic E-state index is 11.7. The minimum absolute atomic E-state index is 0.0599. The van der Waals surface area contributed by atoms with Gasteiger partial charge in [-0.2, -0.15) is 0 Å². The number of carboxylic acids is 1. The van der Waals surface area contributed by atoms with E-state index < -0.39 is 5.97 Å². The molecule has 1 saturated heterocycles. The van der Waals surface area contributed by atoms with Crippen molar-refractivity contribution in [2.24, 2.45) is 0 Å². The van der Waals surface area contributed by atoms with Gasteiger partial charge in [-0.1, -0.05) is 0 Å². The molecule has 0 saturated carbocycles. The van der Waals surface area contributed by atoms with Crippen LogP contribution in [-0.4, -0.2) is 35.0 Å². The summed E-state index contributed by atoms with van der Waals surface area (Å²) < 4.78 is 5.37. The number of amides is 1. The standard InChI is InChI=1S/C13H17NO4/c15-12(3-4-13(16)17)14-7-5-10(6-8-14)11-2-1-9-18-11/h1-2,9-10H,3-8H2,(H,16,17). The number of carboxylic acid groups (broad SMARTS) is 1. The molecule has 5 heteroatoms. The van der Waals surface area contributed by atoms with Crippen LogP contribution in [0.2, 0.25) is 0 Å². The third kappa shape index (κ3) is 3.12. The summed E-state index contributed by atoms with van der Waals surface area (Å²) in [6, 6.07) is 3.84. The van der Waals surface area contributed by atoms with E-state index in [9.17, 15) is 9.59 Å². The topological polar surface area (TPSA) is 70.8 Å². The van der Waals surface area contributed by atoms with Gasteiger partial charge >= 0.3 is 5.97 Å². The van der Waals surface area contributed by atoms with Crippen molar-refractivity contribution in [3.05, 3.63) is 24.2 Å². The Morgan fingerprint density at radius 2 is 2.06 bits per heavy atom. The van der Waals surface area contributed by atoms with Crippen LogP contribution in [0, 0.1) is 0 Å². The second-order valence-corrected chi connectivity index (χ2v) is 4.56. The average molecular weight is 251 g/mol. The first-order valence-electron chi connectivity index (χ1n) is 6.20. The molecule has 0 atom stereocenters. The Morgan fingerprint density at radius 3 is 2.61 bits per heavy atom. The van der Waals surface area contributed by atoms with Gasteiger partial charge in [-0.3, -0.25) is 9.59 Å². The molecule has 1 amide bonds. The number of likely N-dealkylation sites (tertiary alicyclic amines) is 1. The summed E-state index contributed by atoms with van der Waals surface area (Å²) in [7, 11) is 0. The number of rotatable bonds is 4. The summed E-state index contributed by atoms with van der Waals surface area (Å²) in [6.07, 6.45) is 3.44. The molecule has 1 N–H and O–H groups in total. The van der Waals surface area contributed by atoms with Gasteiger partial charge < -0.3 is 14.4 Å².